The molecule has 1 unspecified atom stereocenters. The Labute approximate surface area is 116 Å². The molecule has 0 radical (unpaired) electrons. The minimum Gasteiger partial charge on any atom is -0.459 e. The lowest BCUT2D eigenvalue weighted by atomic mass is 10.1. The summed E-state index contributed by atoms with van der Waals surface area (Å²) in [7, 11) is 0. The van der Waals surface area contributed by atoms with Crippen LogP contribution in [0.1, 0.15) is 34.8 Å². The van der Waals surface area contributed by atoms with Crippen molar-refractivity contribution in [2.45, 2.75) is 19.9 Å². The van der Waals surface area contributed by atoms with E-state index in [1.165, 1.54) is 0 Å². The molecular weight excluding hydrogens is 254 g/mol. The van der Waals surface area contributed by atoms with Crippen molar-refractivity contribution in [3.63, 3.8) is 0 Å². The number of amides is 1. The van der Waals surface area contributed by atoms with Crippen molar-refractivity contribution in [2.75, 3.05) is 0 Å². The number of fused-ring (bicyclic) bond motifs is 1. The second-order valence-corrected chi connectivity index (χ2v) is 4.75. The van der Waals surface area contributed by atoms with E-state index in [9.17, 15) is 4.79 Å². The molecule has 3 rings (SSSR count). The number of rotatable bonds is 3. The van der Waals surface area contributed by atoms with Crippen LogP contribution in [-0.4, -0.2) is 16.1 Å². The van der Waals surface area contributed by atoms with Gasteiger partial charge in [-0.3, -0.25) is 9.89 Å². The van der Waals surface area contributed by atoms with Gasteiger partial charge in [0.15, 0.2) is 0 Å². The third kappa shape index (κ3) is 2.07. The van der Waals surface area contributed by atoms with E-state index in [4.69, 9.17) is 4.42 Å². The van der Waals surface area contributed by atoms with E-state index >= 15 is 0 Å². The number of H-pyrrole nitrogens is 1. The molecular formula is C15H15N3O2. The second kappa shape index (κ2) is 4.85. The van der Waals surface area contributed by atoms with Crippen molar-refractivity contribution in [2.24, 2.45) is 0 Å². The maximum atomic E-state index is 12.0. The van der Waals surface area contributed by atoms with Gasteiger partial charge in [0.2, 0.25) is 0 Å². The lowest BCUT2D eigenvalue weighted by molar-refractivity contribution is 0.0930. The van der Waals surface area contributed by atoms with Crippen LogP contribution in [0, 0.1) is 6.92 Å². The van der Waals surface area contributed by atoms with Crippen molar-refractivity contribution < 1.29 is 9.21 Å². The average Bonchev–Trinajstić information content (AvgIpc) is 3.07. The number of furan rings is 1. The van der Waals surface area contributed by atoms with Gasteiger partial charge in [-0.1, -0.05) is 18.2 Å². The molecule has 2 heterocycles. The molecule has 0 spiro atoms. The van der Waals surface area contributed by atoms with Crippen molar-refractivity contribution in [1.82, 2.24) is 15.5 Å². The summed E-state index contributed by atoms with van der Waals surface area (Å²) in [5.41, 5.74) is 2.33. The molecule has 0 saturated carbocycles. The van der Waals surface area contributed by atoms with Crippen LogP contribution in [0.4, 0.5) is 0 Å². The first-order valence-electron chi connectivity index (χ1n) is 6.45. The molecule has 0 bridgehead atoms. The predicted octanol–water partition coefficient (Wildman–Crippen LogP) is 2.96. The highest BCUT2D eigenvalue weighted by Crippen LogP contribution is 2.29. The maximum Gasteiger partial charge on any atom is 0.269 e. The number of benzene rings is 1. The van der Waals surface area contributed by atoms with Gasteiger partial charge in [0.05, 0.1) is 6.04 Å². The van der Waals surface area contributed by atoms with Gasteiger partial charge in [0.25, 0.3) is 5.91 Å². The third-order valence-corrected chi connectivity index (χ3v) is 3.37. The van der Waals surface area contributed by atoms with Crippen molar-refractivity contribution in [3.05, 3.63) is 53.5 Å². The molecule has 1 aromatic carbocycles. The van der Waals surface area contributed by atoms with E-state index in [2.05, 4.69) is 15.5 Å². The minimum atomic E-state index is -0.210. The Kier molecular flexibility index (Phi) is 3.02. The van der Waals surface area contributed by atoms with E-state index in [0.29, 0.717) is 5.69 Å². The van der Waals surface area contributed by atoms with Gasteiger partial charge in [0.1, 0.15) is 17.0 Å². The summed E-state index contributed by atoms with van der Waals surface area (Å²) >= 11 is 0. The van der Waals surface area contributed by atoms with Gasteiger partial charge in [0, 0.05) is 17.1 Å². The molecule has 5 nitrogen and oxygen atoms in total. The minimum absolute atomic E-state index is 0.199. The zero-order chi connectivity index (χ0) is 14.1. The van der Waals surface area contributed by atoms with Crippen LogP contribution in [-0.2, 0) is 0 Å². The predicted molar refractivity (Wildman–Crippen MR) is 75.4 cm³/mol. The SMILES string of the molecule is Cc1c(C(C)NC(=O)c2ccn[nH]2)oc2ccccc12. The molecule has 0 aliphatic rings. The number of nitrogens with one attached hydrogen (secondary N) is 2. The quantitative estimate of drug-likeness (QED) is 0.768. The highest BCUT2D eigenvalue weighted by molar-refractivity contribution is 5.92. The first-order valence-corrected chi connectivity index (χ1v) is 6.45. The fourth-order valence-electron chi connectivity index (χ4n) is 2.33. The van der Waals surface area contributed by atoms with Crippen molar-refractivity contribution in [1.29, 1.82) is 0 Å². The zero-order valence-corrected chi connectivity index (χ0v) is 11.3. The Morgan fingerprint density at radius 1 is 1.35 bits per heavy atom. The van der Waals surface area contributed by atoms with E-state index in [-0.39, 0.29) is 11.9 Å². The van der Waals surface area contributed by atoms with Crippen LogP contribution in [0.5, 0.6) is 0 Å². The van der Waals surface area contributed by atoms with Crippen molar-refractivity contribution >= 4 is 16.9 Å². The summed E-state index contributed by atoms with van der Waals surface area (Å²) in [6.45, 7) is 3.90. The highest BCUT2D eigenvalue weighted by atomic mass is 16.3. The molecule has 1 atom stereocenters. The van der Waals surface area contributed by atoms with Crippen LogP contribution in [0.3, 0.4) is 0 Å². The normalized spacial score (nSPS) is 12.5. The first-order chi connectivity index (χ1) is 9.66. The molecule has 1 amide bonds. The number of aromatic nitrogens is 2. The highest BCUT2D eigenvalue weighted by Gasteiger charge is 2.19. The topological polar surface area (TPSA) is 70.9 Å². The van der Waals surface area contributed by atoms with Gasteiger partial charge in [-0.2, -0.15) is 5.10 Å². The summed E-state index contributed by atoms with van der Waals surface area (Å²) in [6, 6.07) is 9.27. The zero-order valence-electron chi connectivity index (χ0n) is 11.3. The largest absolute Gasteiger partial charge is 0.459 e. The molecule has 102 valence electrons. The fraction of sp³-hybridized carbons (Fsp3) is 0.200. The van der Waals surface area contributed by atoms with Crippen molar-refractivity contribution in [3.8, 4) is 0 Å². The Balaban J connectivity index is 1.87. The number of aromatic amines is 1. The van der Waals surface area contributed by atoms with Crippen LogP contribution in [0.2, 0.25) is 0 Å². The van der Waals surface area contributed by atoms with E-state index in [0.717, 1.165) is 22.3 Å². The van der Waals surface area contributed by atoms with Crippen LogP contribution < -0.4 is 5.32 Å². The molecule has 0 saturated heterocycles. The molecule has 20 heavy (non-hydrogen) atoms. The third-order valence-electron chi connectivity index (χ3n) is 3.37. The van der Waals surface area contributed by atoms with Crippen LogP contribution in [0.25, 0.3) is 11.0 Å². The summed E-state index contributed by atoms with van der Waals surface area (Å²) in [5.74, 6) is 0.578. The monoisotopic (exact) mass is 269 g/mol. The number of carbonyl (C=O) groups excluding carboxylic acids is 1. The first kappa shape index (κ1) is 12.5. The van der Waals surface area contributed by atoms with Gasteiger partial charge < -0.3 is 9.73 Å². The van der Waals surface area contributed by atoms with Gasteiger partial charge in [-0.05, 0) is 26.0 Å². The molecule has 0 fully saturated rings. The van der Waals surface area contributed by atoms with E-state index < -0.39 is 0 Å². The summed E-state index contributed by atoms with van der Waals surface area (Å²) in [6.07, 6.45) is 1.55. The Morgan fingerprint density at radius 3 is 2.85 bits per heavy atom. The second-order valence-electron chi connectivity index (χ2n) is 4.75. The van der Waals surface area contributed by atoms with Gasteiger partial charge >= 0.3 is 0 Å². The fourth-order valence-corrected chi connectivity index (χ4v) is 2.33. The Morgan fingerprint density at radius 2 is 2.15 bits per heavy atom. The lowest BCUT2D eigenvalue weighted by Crippen LogP contribution is -2.27. The molecule has 0 aliphatic heterocycles. The number of carbonyl (C=O) groups is 1. The number of hydrogen-bond donors (Lipinski definition) is 2. The number of aryl methyl sites for hydroxylation is 1. The molecule has 2 N–H and O–H groups in total. The molecule has 3 aromatic rings. The summed E-state index contributed by atoms with van der Waals surface area (Å²) in [4.78, 5) is 12.0. The van der Waals surface area contributed by atoms with E-state index in [1.807, 2.05) is 38.1 Å². The standard InChI is InChI=1S/C15H15N3O2/c1-9-11-5-3-4-6-13(11)20-14(9)10(2)17-15(19)12-7-8-16-18-12/h3-8,10H,1-2H3,(H,16,18)(H,17,19). The Hall–Kier alpha value is -2.56. The van der Waals surface area contributed by atoms with Crippen LogP contribution >= 0.6 is 0 Å². The Bertz CT molecular complexity index is 744. The van der Waals surface area contributed by atoms with Gasteiger partial charge in [-0.15, -0.1) is 0 Å². The summed E-state index contributed by atoms with van der Waals surface area (Å²) in [5, 5.41) is 10.4. The van der Waals surface area contributed by atoms with Crippen LogP contribution in [0.15, 0.2) is 40.9 Å². The lowest BCUT2D eigenvalue weighted by Gasteiger charge is -2.11. The molecule has 5 heteroatoms. The number of nitrogens with zero attached hydrogens (tertiary/aromatic N) is 1. The van der Waals surface area contributed by atoms with Gasteiger partial charge in [-0.25, -0.2) is 0 Å². The maximum absolute atomic E-state index is 12.0. The number of para-hydroxylation sites is 1. The molecule has 0 aliphatic carbocycles. The smallest absolute Gasteiger partial charge is 0.269 e. The van der Waals surface area contributed by atoms with E-state index in [1.54, 1.807) is 12.3 Å². The molecule has 2 aromatic heterocycles. The summed E-state index contributed by atoms with van der Waals surface area (Å²) < 4.78 is 5.84. The number of hydrogen-bond acceptors (Lipinski definition) is 3. The average molecular weight is 269 g/mol.